The molecule has 11 nitrogen and oxygen atoms in total. The van der Waals surface area contributed by atoms with E-state index in [1.165, 1.54) is 0 Å². The fraction of sp³-hybridized carbons (Fsp3) is 0.643. The predicted molar refractivity (Wildman–Crippen MR) is 83.5 cm³/mol. The van der Waals surface area contributed by atoms with E-state index in [0.717, 1.165) is 12.0 Å². The zero-order valence-electron chi connectivity index (χ0n) is 14.6. The van der Waals surface area contributed by atoms with Gasteiger partial charge in [-0.15, -0.1) is 0 Å². The van der Waals surface area contributed by atoms with Crippen molar-refractivity contribution in [3.8, 4) is 0 Å². The van der Waals surface area contributed by atoms with Gasteiger partial charge >= 0.3 is 18.0 Å². The molecule has 0 aliphatic carbocycles. The minimum absolute atomic E-state index is 0.432. The molecular weight excluding hydrogens is 338 g/mol. The van der Waals surface area contributed by atoms with Gasteiger partial charge in [0.25, 0.3) is 0 Å². The average Bonchev–Trinajstić information content (AvgIpc) is 2.47. The Morgan fingerprint density at radius 3 is 2.08 bits per heavy atom. The van der Waals surface area contributed by atoms with Crippen molar-refractivity contribution in [2.75, 3.05) is 33.3 Å². The topological polar surface area (TPSA) is 151 Å². The molecule has 142 valence electrons. The standard InChI is InChI=1S/C14H23N3O8/c1-14(2,3)25-13(23)16-5-9(18)15-6-10(19)17(7-11(20)21)8-12(22)24-4/h5-8H2,1-4H3,(H,15,18)(H,16,23)(H,20,21). The second kappa shape index (κ2) is 10.1. The molecule has 0 heterocycles. The molecule has 0 unspecified atom stereocenters. The molecular formula is C14H23N3O8. The molecule has 0 aromatic heterocycles. The van der Waals surface area contributed by atoms with Crippen LogP contribution in [-0.2, 0) is 28.7 Å². The summed E-state index contributed by atoms with van der Waals surface area (Å²) in [5, 5.41) is 13.1. The third-order valence-electron chi connectivity index (χ3n) is 2.46. The Kier molecular flexibility index (Phi) is 8.95. The lowest BCUT2D eigenvalue weighted by Crippen LogP contribution is -2.47. The summed E-state index contributed by atoms with van der Waals surface area (Å²) in [5.41, 5.74) is -0.720. The molecule has 3 N–H and O–H groups in total. The van der Waals surface area contributed by atoms with Crippen molar-refractivity contribution >= 4 is 29.8 Å². The van der Waals surface area contributed by atoms with Crippen LogP contribution in [-0.4, -0.2) is 78.7 Å². The van der Waals surface area contributed by atoms with Gasteiger partial charge in [-0.3, -0.25) is 19.2 Å². The molecule has 0 atom stereocenters. The van der Waals surface area contributed by atoms with Crippen LogP contribution in [0.2, 0.25) is 0 Å². The van der Waals surface area contributed by atoms with Gasteiger partial charge in [0.1, 0.15) is 25.2 Å². The van der Waals surface area contributed by atoms with Crippen molar-refractivity contribution in [3.05, 3.63) is 0 Å². The number of alkyl carbamates (subject to hydrolysis) is 1. The molecule has 0 fully saturated rings. The summed E-state index contributed by atoms with van der Waals surface area (Å²) in [6.07, 6.45) is -0.799. The molecule has 0 radical (unpaired) electrons. The fourth-order valence-electron chi connectivity index (χ4n) is 1.43. The lowest BCUT2D eigenvalue weighted by Gasteiger charge is -2.20. The van der Waals surface area contributed by atoms with Crippen molar-refractivity contribution < 1.29 is 38.6 Å². The van der Waals surface area contributed by atoms with Gasteiger partial charge in [0.2, 0.25) is 11.8 Å². The number of nitrogens with one attached hydrogen (secondary N) is 2. The number of hydrogen-bond donors (Lipinski definition) is 3. The number of ether oxygens (including phenoxy) is 2. The van der Waals surface area contributed by atoms with Crippen molar-refractivity contribution in [1.29, 1.82) is 0 Å². The monoisotopic (exact) mass is 361 g/mol. The van der Waals surface area contributed by atoms with Crippen LogP contribution in [0, 0.1) is 0 Å². The molecule has 0 spiro atoms. The molecule has 0 saturated heterocycles. The number of carbonyl (C=O) groups is 5. The smallest absolute Gasteiger partial charge is 0.408 e. The zero-order chi connectivity index (χ0) is 19.6. The van der Waals surface area contributed by atoms with Crippen LogP contribution >= 0.6 is 0 Å². The number of rotatable bonds is 8. The number of methoxy groups -OCH3 is 1. The number of carboxylic acid groups (broad SMARTS) is 1. The molecule has 0 saturated carbocycles. The van der Waals surface area contributed by atoms with Crippen LogP contribution in [0.25, 0.3) is 0 Å². The van der Waals surface area contributed by atoms with Gasteiger partial charge < -0.3 is 30.1 Å². The lowest BCUT2D eigenvalue weighted by atomic mass is 10.2. The first-order chi connectivity index (χ1) is 11.4. The Bertz CT molecular complexity index is 527. The Labute approximate surface area is 144 Å². The van der Waals surface area contributed by atoms with Gasteiger partial charge in [-0.25, -0.2) is 4.79 Å². The lowest BCUT2D eigenvalue weighted by molar-refractivity contribution is -0.150. The third-order valence-corrected chi connectivity index (χ3v) is 2.46. The van der Waals surface area contributed by atoms with Crippen molar-refractivity contribution in [1.82, 2.24) is 15.5 Å². The first kappa shape index (κ1) is 22.1. The number of hydrogen-bond acceptors (Lipinski definition) is 7. The fourth-order valence-corrected chi connectivity index (χ4v) is 1.43. The SMILES string of the molecule is COC(=O)CN(CC(=O)O)C(=O)CNC(=O)CNC(=O)OC(C)(C)C. The summed E-state index contributed by atoms with van der Waals surface area (Å²) in [7, 11) is 1.09. The maximum Gasteiger partial charge on any atom is 0.408 e. The zero-order valence-corrected chi connectivity index (χ0v) is 14.6. The molecule has 0 aromatic carbocycles. The quantitative estimate of drug-likeness (QED) is 0.452. The molecule has 0 aromatic rings. The number of carboxylic acids is 1. The maximum absolute atomic E-state index is 11.9. The highest BCUT2D eigenvalue weighted by Gasteiger charge is 2.21. The summed E-state index contributed by atoms with van der Waals surface area (Å²) < 4.78 is 9.30. The maximum atomic E-state index is 11.9. The third kappa shape index (κ3) is 11.3. The number of amides is 3. The highest BCUT2D eigenvalue weighted by atomic mass is 16.6. The van der Waals surface area contributed by atoms with E-state index in [1.54, 1.807) is 20.8 Å². The minimum Gasteiger partial charge on any atom is -0.480 e. The highest BCUT2D eigenvalue weighted by Crippen LogP contribution is 2.05. The molecule has 0 aliphatic heterocycles. The molecule has 0 aliphatic rings. The summed E-state index contributed by atoms with van der Waals surface area (Å²) in [6.45, 7) is 2.71. The van der Waals surface area contributed by atoms with Gasteiger partial charge in [-0.05, 0) is 20.8 Å². The van der Waals surface area contributed by atoms with E-state index in [-0.39, 0.29) is 0 Å². The minimum atomic E-state index is -1.32. The van der Waals surface area contributed by atoms with Gasteiger partial charge in [-0.2, -0.15) is 0 Å². The van der Waals surface area contributed by atoms with Crippen LogP contribution < -0.4 is 10.6 Å². The van der Waals surface area contributed by atoms with E-state index < -0.39 is 61.6 Å². The summed E-state index contributed by atoms with van der Waals surface area (Å²) >= 11 is 0. The normalized spacial score (nSPS) is 10.4. The predicted octanol–water partition coefficient (Wildman–Crippen LogP) is -1.29. The van der Waals surface area contributed by atoms with Crippen LogP contribution in [0.3, 0.4) is 0 Å². The van der Waals surface area contributed by atoms with Gasteiger partial charge in [0.15, 0.2) is 0 Å². The summed E-state index contributed by atoms with van der Waals surface area (Å²) in [4.78, 5) is 57.5. The van der Waals surface area contributed by atoms with Crippen molar-refractivity contribution in [3.63, 3.8) is 0 Å². The molecule has 0 bridgehead atoms. The summed E-state index contributed by atoms with van der Waals surface area (Å²) in [6, 6.07) is 0. The van der Waals surface area contributed by atoms with Crippen LogP contribution in [0.1, 0.15) is 20.8 Å². The van der Waals surface area contributed by atoms with Gasteiger partial charge in [0.05, 0.1) is 13.7 Å². The van der Waals surface area contributed by atoms with Crippen LogP contribution in [0.15, 0.2) is 0 Å². The first-order valence-corrected chi connectivity index (χ1v) is 7.24. The van der Waals surface area contributed by atoms with Crippen LogP contribution in [0.4, 0.5) is 4.79 Å². The number of nitrogens with zero attached hydrogens (tertiary/aromatic N) is 1. The first-order valence-electron chi connectivity index (χ1n) is 7.24. The Morgan fingerprint density at radius 1 is 1.00 bits per heavy atom. The molecule has 11 heteroatoms. The van der Waals surface area contributed by atoms with Crippen molar-refractivity contribution in [2.45, 2.75) is 26.4 Å². The van der Waals surface area contributed by atoms with Gasteiger partial charge in [-0.1, -0.05) is 0 Å². The van der Waals surface area contributed by atoms with Crippen molar-refractivity contribution in [2.24, 2.45) is 0 Å². The number of aliphatic carboxylic acids is 1. The largest absolute Gasteiger partial charge is 0.480 e. The van der Waals surface area contributed by atoms with Gasteiger partial charge in [0, 0.05) is 0 Å². The number of esters is 1. The van der Waals surface area contributed by atoms with E-state index in [0.29, 0.717) is 0 Å². The van der Waals surface area contributed by atoms with Crippen LogP contribution in [0.5, 0.6) is 0 Å². The summed E-state index contributed by atoms with van der Waals surface area (Å²) in [5.74, 6) is -3.60. The molecule has 3 amide bonds. The Morgan fingerprint density at radius 2 is 1.60 bits per heavy atom. The Hall–Kier alpha value is -2.85. The van der Waals surface area contributed by atoms with E-state index in [4.69, 9.17) is 9.84 Å². The van der Waals surface area contributed by atoms with E-state index in [2.05, 4.69) is 15.4 Å². The molecule has 0 rings (SSSR count). The van der Waals surface area contributed by atoms with E-state index in [1.807, 2.05) is 0 Å². The Balaban J connectivity index is 4.38. The van der Waals surface area contributed by atoms with E-state index >= 15 is 0 Å². The number of carbonyl (C=O) groups excluding carboxylic acids is 4. The second-order valence-corrected chi connectivity index (χ2v) is 5.85. The van der Waals surface area contributed by atoms with E-state index in [9.17, 15) is 24.0 Å². The molecule has 25 heavy (non-hydrogen) atoms. The average molecular weight is 361 g/mol. The second-order valence-electron chi connectivity index (χ2n) is 5.85. The highest BCUT2D eigenvalue weighted by molar-refractivity contribution is 5.90.